The maximum atomic E-state index is 13.0. The van der Waals surface area contributed by atoms with Crippen LogP contribution < -0.4 is 10.6 Å². The molecule has 2 amide bonds. The number of nitrogens with one attached hydrogen (secondary N) is 2. The van der Waals surface area contributed by atoms with Crippen molar-refractivity contribution in [3.8, 4) is 0 Å². The maximum absolute atomic E-state index is 13.0. The van der Waals surface area contributed by atoms with E-state index in [2.05, 4.69) is 10.6 Å². The lowest BCUT2D eigenvalue weighted by Crippen LogP contribution is -2.46. The summed E-state index contributed by atoms with van der Waals surface area (Å²) in [4.78, 5) is 26.1. The molecular formula is C21H26FN3O2. The van der Waals surface area contributed by atoms with E-state index in [9.17, 15) is 14.0 Å². The highest BCUT2D eigenvalue weighted by Crippen LogP contribution is 2.14. The summed E-state index contributed by atoms with van der Waals surface area (Å²) in [5.74, 6) is -0.745. The first-order valence-corrected chi connectivity index (χ1v) is 8.89. The fraction of sp³-hybridized carbons (Fsp3) is 0.333. The second-order valence-electron chi connectivity index (χ2n) is 6.77. The van der Waals surface area contributed by atoms with E-state index < -0.39 is 6.04 Å². The Morgan fingerprint density at radius 3 is 2.22 bits per heavy atom. The van der Waals surface area contributed by atoms with Crippen molar-refractivity contribution >= 4 is 17.5 Å². The molecule has 2 unspecified atom stereocenters. The second kappa shape index (κ2) is 9.28. The summed E-state index contributed by atoms with van der Waals surface area (Å²) in [6.45, 7) is 5.58. The number of aryl methyl sites for hydroxylation is 1. The molecule has 2 N–H and O–H groups in total. The molecule has 2 aromatic rings. The van der Waals surface area contributed by atoms with Crippen LogP contribution in [0, 0.1) is 12.7 Å². The van der Waals surface area contributed by atoms with Crippen molar-refractivity contribution in [2.75, 3.05) is 18.9 Å². The number of hydrogen-bond acceptors (Lipinski definition) is 3. The molecular weight excluding hydrogens is 345 g/mol. The first kappa shape index (κ1) is 20.6. The normalized spacial score (nSPS) is 12.9. The SMILES string of the molecule is Cc1ccc(NC(=O)CN(C)C(=O)C(C)NC(C)c2ccc(F)cc2)cc1. The van der Waals surface area contributed by atoms with Gasteiger partial charge in [-0.25, -0.2) is 4.39 Å². The molecule has 0 fully saturated rings. The number of anilines is 1. The zero-order chi connectivity index (χ0) is 20.0. The Labute approximate surface area is 159 Å². The van der Waals surface area contributed by atoms with E-state index in [1.807, 2.05) is 38.1 Å². The van der Waals surface area contributed by atoms with Crippen LogP contribution in [0.3, 0.4) is 0 Å². The number of rotatable bonds is 7. The lowest BCUT2D eigenvalue weighted by atomic mass is 10.1. The molecule has 2 rings (SSSR count). The number of halogens is 1. The Kier molecular flexibility index (Phi) is 7.07. The Morgan fingerprint density at radius 2 is 1.63 bits per heavy atom. The summed E-state index contributed by atoms with van der Waals surface area (Å²) >= 11 is 0. The Morgan fingerprint density at radius 1 is 1.04 bits per heavy atom. The van der Waals surface area contributed by atoms with Gasteiger partial charge in [0.1, 0.15) is 5.82 Å². The molecule has 2 atom stereocenters. The molecule has 6 heteroatoms. The summed E-state index contributed by atoms with van der Waals surface area (Å²) < 4.78 is 13.0. The van der Waals surface area contributed by atoms with Gasteiger partial charge in [0, 0.05) is 18.8 Å². The number of benzene rings is 2. The average molecular weight is 371 g/mol. The topological polar surface area (TPSA) is 61.4 Å². The minimum Gasteiger partial charge on any atom is -0.335 e. The zero-order valence-electron chi connectivity index (χ0n) is 16.1. The van der Waals surface area contributed by atoms with Gasteiger partial charge in [-0.15, -0.1) is 0 Å². The highest BCUT2D eigenvalue weighted by molar-refractivity contribution is 5.95. The zero-order valence-corrected chi connectivity index (χ0v) is 16.1. The van der Waals surface area contributed by atoms with Crippen molar-refractivity contribution < 1.29 is 14.0 Å². The fourth-order valence-electron chi connectivity index (χ4n) is 2.76. The van der Waals surface area contributed by atoms with Gasteiger partial charge < -0.3 is 10.2 Å². The van der Waals surface area contributed by atoms with Crippen LogP contribution in [-0.2, 0) is 9.59 Å². The van der Waals surface area contributed by atoms with Crippen LogP contribution in [0.1, 0.15) is 31.0 Å². The number of likely N-dealkylation sites (N-methyl/N-ethyl adjacent to an activating group) is 1. The molecule has 0 bridgehead atoms. The van der Waals surface area contributed by atoms with Crippen LogP contribution in [0.15, 0.2) is 48.5 Å². The van der Waals surface area contributed by atoms with E-state index in [1.165, 1.54) is 17.0 Å². The molecule has 0 heterocycles. The van der Waals surface area contributed by atoms with E-state index in [0.29, 0.717) is 5.69 Å². The van der Waals surface area contributed by atoms with Gasteiger partial charge in [0.2, 0.25) is 11.8 Å². The van der Waals surface area contributed by atoms with E-state index in [4.69, 9.17) is 0 Å². The summed E-state index contributed by atoms with van der Waals surface area (Å²) in [7, 11) is 1.60. The third kappa shape index (κ3) is 6.18. The molecule has 0 saturated carbocycles. The summed E-state index contributed by atoms with van der Waals surface area (Å²) in [5.41, 5.74) is 2.69. The predicted molar refractivity (Wildman–Crippen MR) is 105 cm³/mol. The van der Waals surface area contributed by atoms with Crippen molar-refractivity contribution in [1.82, 2.24) is 10.2 Å². The Bertz CT molecular complexity index is 775. The lowest BCUT2D eigenvalue weighted by molar-refractivity contribution is -0.135. The quantitative estimate of drug-likeness (QED) is 0.785. The van der Waals surface area contributed by atoms with Gasteiger partial charge in [-0.05, 0) is 50.6 Å². The summed E-state index contributed by atoms with van der Waals surface area (Å²) in [6, 6.07) is 13.0. The third-order valence-electron chi connectivity index (χ3n) is 4.33. The highest BCUT2D eigenvalue weighted by Gasteiger charge is 2.21. The van der Waals surface area contributed by atoms with Crippen molar-refractivity contribution in [2.45, 2.75) is 32.9 Å². The minimum absolute atomic E-state index is 0.0380. The number of carbonyl (C=O) groups excluding carboxylic acids is 2. The molecule has 0 spiro atoms. The average Bonchev–Trinajstić information content (AvgIpc) is 2.63. The van der Waals surface area contributed by atoms with E-state index in [1.54, 1.807) is 26.1 Å². The van der Waals surface area contributed by atoms with Gasteiger partial charge >= 0.3 is 0 Å². The second-order valence-corrected chi connectivity index (χ2v) is 6.77. The van der Waals surface area contributed by atoms with Crippen LogP contribution in [0.25, 0.3) is 0 Å². The van der Waals surface area contributed by atoms with E-state index >= 15 is 0 Å². The van der Waals surface area contributed by atoms with Crippen LogP contribution in [0.4, 0.5) is 10.1 Å². The predicted octanol–water partition coefficient (Wildman–Crippen LogP) is 3.27. The smallest absolute Gasteiger partial charge is 0.243 e. The van der Waals surface area contributed by atoms with Gasteiger partial charge in [-0.1, -0.05) is 29.8 Å². The van der Waals surface area contributed by atoms with Crippen molar-refractivity contribution in [2.24, 2.45) is 0 Å². The lowest BCUT2D eigenvalue weighted by Gasteiger charge is -2.24. The Balaban J connectivity index is 1.86. The fourth-order valence-corrected chi connectivity index (χ4v) is 2.76. The molecule has 144 valence electrons. The standard InChI is InChI=1S/C21H26FN3O2/c1-14-5-11-19(12-6-14)24-20(26)13-25(4)21(27)16(3)23-15(2)17-7-9-18(22)10-8-17/h5-12,15-16,23H,13H2,1-4H3,(H,24,26). The largest absolute Gasteiger partial charge is 0.335 e. The number of amides is 2. The van der Waals surface area contributed by atoms with Gasteiger partial charge in [-0.2, -0.15) is 0 Å². The molecule has 0 radical (unpaired) electrons. The van der Waals surface area contributed by atoms with Crippen LogP contribution in [-0.4, -0.2) is 36.3 Å². The minimum atomic E-state index is -0.484. The summed E-state index contributed by atoms with van der Waals surface area (Å²) in [6.07, 6.45) is 0. The van der Waals surface area contributed by atoms with Crippen molar-refractivity contribution in [3.05, 3.63) is 65.5 Å². The Hall–Kier alpha value is -2.73. The monoisotopic (exact) mass is 371 g/mol. The van der Waals surface area contributed by atoms with Gasteiger partial charge in [0.15, 0.2) is 0 Å². The van der Waals surface area contributed by atoms with Gasteiger partial charge in [0.05, 0.1) is 12.6 Å². The molecule has 0 aliphatic heterocycles. The molecule has 0 aliphatic carbocycles. The number of carbonyl (C=O) groups is 2. The number of nitrogens with zero attached hydrogens (tertiary/aromatic N) is 1. The van der Waals surface area contributed by atoms with Gasteiger partial charge in [-0.3, -0.25) is 14.9 Å². The molecule has 0 saturated heterocycles. The summed E-state index contributed by atoms with van der Waals surface area (Å²) in [5, 5.41) is 5.96. The van der Waals surface area contributed by atoms with Crippen LogP contribution in [0.2, 0.25) is 0 Å². The first-order valence-electron chi connectivity index (χ1n) is 8.89. The van der Waals surface area contributed by atoms with Crippen LogP contribution in [0.5, 0.6) is 0 Å². The first-order chi connectivity index (χ1) is 12.8. The van der Waals surface area contributed by atoms with E-state index in [-0.39, 0.29) is 30.2 Å². The van der Waals surface area contributed by atoms with Crippen molar-refractivity contribution in [3.63, 3.8) is 0 Å². The number of hydrogen-bond donors (Lipinski definition) is 2. The molecule has 5 nitrogen and oxygen atoms in total. The molecule has 0 aromatic heterocycles. The van der Waals surface area contributed by atoms with E-state index in [0.717, 1.165) is 11.1 Å². The van der Waals surface area contributed by atoms with Gasteiger partial charge in [0.25, 0.3) is 0 Å². The highest BCUT2D eigenvalue weighted by atomic mass is 19.1. The van der Waals surface area contributed by atoms with Crippen LogP contribution >= 0.6 is 0 Å². The molecule has 2 aromatic carbocycles. The van der Waals surface area contributed by atoms with Crippen molar-refractivity contribution in [1.29, 1.82) is 0 Å². The molecule has 0 aliphatic rings. The maximum Gasteiger partial charge on any atom is 0.243 e. The molecule has 27 heavy (non-hydrogen) atoms. The third-order valence-corrected chi connectivity index (χ3v) is 4.33.